The molecule has 1 aromatic carbocycles. The summed E-state index contributed by atoms with van der Waals surface area (Å²) in [7, 11) is 0. The molecule has 0 aliphatic carbocycles. The van der Waals surface area contributed by atoms with Gasteiger partial charge in [0.25, 0.3) is 0 Å². The van der Waals surface area contributed by atoms with E-state index in [1.165, 1.54) is 6.33 Å². The van der Waals surface area contributed by atoms with Gasteiger partial charge in [0.2, 0.25) is 0 Å². The molecule has 0 saturated heterocycles. The molecule has 3 N–H and O–H groups in total. The Bertz CT molecular complexity index is 538. The minimum atomic E-state index is -1.52. The number of hydrogen-bond donors (Lipinski definition) is 3. The average Bonchev–Trinajstić information content (AvgIpc) is 2.74. The van der Waals surface area contributed by atoms with Crippen LogP contribution in [0.5, 0.6) is 0 Å². The lowest BCUT2D eigenvalue weighted by atomic mass is 10.0. The van der Waals surface area contributed by atoms with Gasteiger partial charge in [-0.05, 0) is 17.2 Å². The number of aliphatic hydroxyl groups excluding tert-OH is 1. The normalized spacial score (nSPS) is 12.9. The van der Waals surface area contributed by atoms with E-state index < -0.39 is 12.1 Å². The molecule has 0 spiro atoms. The molecule has 2 rings (SSSR count). The average molecular weight is 285 g/mol. The van der Waals surface area contributed by atoms with Crippen molar-refractivity contribution in [1.29, 1.82) is 0 Å². The second-order valence-corrected chi connectivity index (χ2v) is 3.87. The third kappa shape index (κ3) is 1.70. The van der Waals surface area contributed by atoms with E-state index in [2.05, 4.69) is 25.9 Å². The maximum absolute atomic E-state index is 10.7. The maximum atomic E-state index is 10.7. The molecule has 0 amide bonds. The molecule has 6 heteroatoms. The monoisotopic (exact) mass is 284 g/mol. The summed E-state index contributed by atoms with van der Waals surface area (Å²) in [5.41, 5.74) is 2.54. The van der Waals surface area contributed by atoms with E-state index in [0.717, 1.165) is 5.52 Å². The van der Waals surface area contributed by atoms with Gasteiger partial charge in [0.15, 0.2) is 6.10 Å². The van der Waals surface area contributed by atoms with Crippen LogP contribution >= 0.6 is 15.9 Å². The largest absolute Gasteiger partial charge is 0.479 e. The van der Waals surface area contributed by atoms with Gasteiger partial charge < -0.3 is 15.2 Å². The smallest absolute Gasteiger partial charge is 0.337 e. The standard InChI is InChI=1S/C10H9BrN2O3/c11-3-6-5(9(14)10(15)16)1-2-7-8(6)13-4-12-7/h1-2,4,9,14H,3H2,(H,12,13)(H,15,16). The maximum Gasteiger partial charge on any atom is 0.337 e. The molecule has 0 bridgehead atoms. The van der Waals surface area contributed by atoms with Crippen LogP contribution < -0.4 is 0 Å². The minimum absolute atomic E-state index is 0.365. The fourth-order valence-corrected chi connectivity index (χ4v) is 2.20. The zero-order valence-corrected chi connectivity index (χ0v) is 9.73. The molecule has 0 aliphatic rings. The molecule has 0 saturated carbocycles. The first kappa shape index (κ1) is 11.1. The van der Waals surface area contributed by atoms with E-state index in [9.17, 15) is 9.90 Å². The summed E-state index contributed by atoms with van der Waals surface area (Å²) in [6.45, 7) is 0. The zero-order chi connectivity index (χ0) is 11.7. The number of carbonyl (C=O) groups is 1. The summed E-state index contributed by atoms with van der Waals surface area (Å²) in [5, 5.41) is 18.8. The quantitative estimate of drug-likeness (QED) is 0.747. The van der Waals surface area contributed by atoms with Crippen LogP contribution in [-0.2, 0) is 10.1 Å². The summed E-state index contributed by atoms with van der Waals surface area (Å²) < 4.78 is 0. The van der Waals surface area contributed by atoms with Gasteiger partial charge in [-0.1, -0.05) is 22.0 Å². The van der Waals surface area contributed by atoms with Crippen LogP contribution in [0, 0.1) is 0 Å². The van der Waals surface area contributed by atoms with E-state index in [1.54, 1.807) is 12.1 Å². The van der Waals surface area contributed by atoms with Crippen LogP contribution in [0.2, 0.25) is 0 Å². The van der Waals surface area contributed by atoms with Crippen molar-refractivity contribution in [3.63, 3.8) is 0 Å². The van der Waals surface area contributed by atoms with Crippen LogP contribution in [0.25, 0.3) is 11.0 Å². The highest BCUT2D eigenvalue weighted by Gasteiger charge is 2.21. The lowest BCUT2D eigenvalue weighted by Gasteiger charge is -2.10. The number of carboxylic acids is 1. The van der Waals surface area contributed by atoms with Crippen molar-refractivity contribution in [1.82, 2.24) is 9.97 Å². The number of fused-ring (bicyclic) bond motifs is 1. The summed E-state index contributed by atoms with van der Waals surface area (Å²) in [6.07, 6.45) is 0.0157. The summed E-state index contributed by atoms with van der Waals surface area (Å²) in [6, 6.07) is 3.30. The fourth-order valence-electron chi connectivity index (χ4n) is 1.61. The number of aromatic amines is 1. The first-order chi connectivity index (χ1) is 7.65. The Kier molecular flexibility index (Phi) is 2.93. The third-order valence-electron chi connectivity index (χ3n) is 2.39. The van der Waals surface area contributed by atoms with Crippen LogP contribution in [0.4, 0.5) is 0 Å². The molecule has 0 aliphatic heterocycles. The molecule has 84 valence electrons. The van der Waals surface area contributed by atoms with Gasteiger partial charge in [0.1, 0.15) is 0 Å². The Morgan fingerprint density at radius 1 is 1.56 bits per heavy atom. The van der Waals surface area contributed by atoms with Gasteiger partial charge >= 0.3 is 5.97 Å². The number of nitrogens with zero attached hydrogens (tertiary/aromatic N) is 1. The lowest BCUT2D eigenvalue weighted by Crippen LogP contribution is -2.12. The molecular weight excluding hydrogens is 276 g/mol. The Morgan fingerprint density at radius 2 is 2.31 bits per heavy atom. The van der Waals surface area contributed by atoms with E-state index in [1.807, 2.05) is 0 Å². The third-order valence-corrected chi connectivity index (χ3v) is 2.96. The number of benzene rings is 1. The van der Waals surface area contributed by atoms with Crippen LogP contribution in [0.15, 0.2) is 18.5 Å². The van der Waals surface area contributed by atoms with E-state index in [0.29, 0.717) is 22.0 Å². The summed E-state index contributed by atoms with van der Waals surface area (Å²) in [4.78, 5) is 17.8. The molecule has 0 fully saturated rings. The van der Waals surface area contributed by atoms with Gasteiger partial charge in [-0.2, -0.15) is 0 Å². The molecule has 16 heavy (non-hydrogen) atoms. The number of aliphatic carboxylic acids is 1. The first-order valence-electron chi connectivity index (χ1n) is 4.57. The molecule has 1 heterocycles. The minimum Gasteiger partial charge on any atom is -0.479 e. The van der Waals surface area contributed by atoms with Gasteiger partial charge in [-0.15, -0.1) is 0 Å². The Morgan fingerprint density at radius 3 is 2.94 bits per heavy atom. The molecule has 1 unspecified atom stereocenters. The van der Waals surface area contributed by atoms with Gasteiger partial charge in [-0.3, -0.25) is 0 Å². The summed E-state index contributed by atoms with van der Waals surface area (Å²) in [5.74, 6) is -1.27. The van der Waals surface area contributed by atoms with Crippen molar-refractivity contribution in [3.05, 3.63) is 29.6 Å². The van der Waals surface area contributed by atoms with Crippen LogP contribution in [0.1, 0.15) is 17.2 Å². The highest BCUT2D eigenvalue weighted by molar-refractivity contribution is 9.08. The van der Waals surface area contributed by atoms with Gasteiger partial charge in [0.05, 0.1) is 17.4 Å². The zero-order valence-electron chi connectivity index (χ0n) is 8.14. The Labute approximate surface area is 99.3 Å². The van der Waals surface area contributed by atoms with E-state index in [-0.39, 0.29) is 0 Å². The number of hydrogen-bond acceptors (Lipinski definition) is 3. The van der Waals surface area contributed by atoms with E-state index in [4.69, 9.17) is 5.11 Å². The lowest BCUT2D eigenvalue weighted by molar-refractivity contribution is -0.147. The Hall–Kier alpha value is -1.40. The highest BCUT2D eigenvalue weighted by atomic mass is 79.9. The van der Waals surface area contributed by atoms with Crippen LogP contribution in [-0.4, -0.2) is 26.2 Å². The molecule has 1 atom stereocenters. The van der Waals surface area contributed by atoms with Crippen LogP contribution in [0.3, 0.4) is 0 Å². The molecule has 1 aromatic heterocycles. The molecule has 5 nitrogen and oxygen atoms in total. The Balaban J connectivity index is 2.64. The van der Waals surface area contributed by atoms with E-state index >= 15 is 0 Å². The van der Waals surface area contributed by atoms with Gasteiger partial charge in [0, 0.05) is 5.33 Å². The number of aromatic nitrogens is 2. The van der Waals surface area contributed by atoms with Crippen molar-refractivity contribution in [2.24, 2.45) is 0 Å². The number of imidazole rings is 1. The number of aliphatic hydroxyl groups is 1. The van der Waals surface area contributed by atoms with Crippen molar-refractivity contribution in [2.75, 3.05) is 0 Å². The second-order valence-electron chi connectivity index (χ2n) is 3.31. The highest BCUT2D eigenvalue weighted by Crippen LogP contribution is 2.26. The van der Waals surface area contributed by atoms with Crippen molar-refractivity contribution < 1.29 is 15.0 Å². The van der Waals surface area contributed by atoms with Crippen molar-refractivity contribution in [3.8, 4) is 0 Å². The van der Waals surface area contributed by atoms with Crippen molar-refractivity contribution >= 4 is 32.9 Å². The number of nitrogens with one attached hydrogen (secondary N) is 1. The number of carboxylic acid groups (broad SMARTS) is 1. The number of H-pyrrole nitrogens is 1. The molecule has 0 radical (unpaired) electrons. The predicted molar refractivity (Wildman–Crippen MR) is 61.3 cm³/mol. The topological polar surface area (TPSA) is 86.2 Å². The van der Waals surface area contributed by atoms with Gasteiger partial charge in [-0.25, -0.2) is 9.78 Å². The second kappa shape index (κ2) is 4.23. The fraction of sp³-hybridized carbons (Fsp3) is 0.200. The first-order valence-corrected chi connectivity index (χ1v) is 5.69. The molecule has 2 aromatic rings. The van der Waals surface area contributed by atoms with Crippen molar-refractivity contribution in [2.45, 2.75) is 11.4 Å². The number of halogens is 1. The summed E-state index contributed by atoms with van der Waals surface area (Å²) >= 11 is 3.27. The number of alkyl halides is 1. The molecular formula is C10H9BrN2O3. The number of rotatable bonds is 3. The SMILES string of the molecule is O=C(O)C(O)c1ccc2[nH]cnc2c1CBr. The predicted octanol–water partition coefficient (Wildman–Crippen LogP) is 1.58.